The summed E-state index contributed by atoms with van der Waals surface area (Å²) in [6.45, 7) is 0.0850. The first-order chi connectivity index (χ1) is 10.2. The fraction of sp³-hybridized carbons (Fsp3) is 0.500. The standard InChI is InChI=1S/C16H19NO4/c18-15(11-6-2-1-3-7-11)17-10-14(16(19)20)21-13-9-5-4-8-12(13)17/h4-5,8-9,11,14H,1-3,6-7,10H2,(H,19,20)/t14-/m0/s1. The van der Waals surface area contributed by atoms with E-state index >= 15 is 0 Å². The zero-order chi connectivity index (χ0) is 14.8. The Morgan fingerprint density at radius 2 is 1.86 bits per heavy atom. The highest BCUT2D eigenvalue weighted by molar-refractivity contribution is 5.98. The zero-order valence-corrected chi connectivity index (χ0v) is 11.8. The van der Waals surface area contributed by atoms with E-state index in [2.05, 4.69) is 0 Å². The van der Waals surface area contributed by atoms with Crippen LogP contribution in [0.25, 0.3) is 0 Å². The van der Waals surface area contributed by atoms with Crippen molar-refractivity contribution in [2.24, 2.45) is 5.92 Å². The molecule has 1 heterocycles. The predicted molar refractivity (Wildman–Crippen MR) is 77.4 cm³/mol. The van der Waals surface area contributed by atoms with E-state index in [4.69, 9.17) is 4.74 Å². The van der Waals surface area contributed by atoms with Crippen molar-refractivity contribution in [1.82, 2.24) is 0 Å². The van der Waals surface area contributed by atoms with Gasteiger partial charge in [0.15, 0.2) is 0 Å². The van der Waals surface area contributed by atoms with Crippen LogP contribution in [-0.2, 0) is 9.59 Å². The van der Waals surface area contributed by atoms with Crippen molar-refractivity contribution in [3.05, 3.63) is 24.3 Å². The van der Waals surface area contributed by atoms with E-state index < -0.39 is 12.1 Å². The van der Waals surface area contributed by atoms with E-state index in [-0.39, 0.29) is 18.4 Å². The molecule has 1 aliphatic carbocycles. The highest BCUT2D eigenvalue weighted by Crippen LogP contribution is 2.36. The number of aliphatic carboxylic acids is 1. The number of hydrogen-bond acceptors (Lipinski definition) is 3. The molecule has 3 rings (SSSR count). The molecule has 112 valence electrons. The zero-order valence-electron chi connectivity index (χ0n) is 11.8. The fourth-order valence-corrected chi connectivity index (χ4v) is 3.14. The van der Waals surface area contributed by atoms with Gasteiger partial charge in [0.05, 0.1) is 12.2 Å². The average Bonchev–Trinajstić information content (AvgIpc) is 2.54. The van der Waals surface area contributed by atoms with E-state index in [1.54, 1.807) is 17.0 Å². The smallest absolute Gasteiger partial charge is 0.346 e. The third kappa shape index (κ3) is 2.73. The number of nitrogens with zero attached hydrogens (tertiary/aromatic N) is 1. The van der Waals surface area contributed by atoms with Crippen LogP contribution in [0.3, 0.4) is 0 Å². The molecule has 2 aliphatic rings. The quantitative estimate of drug-likeness (QED) is 0.908. The molecule has 21 heavy (non-hydrogen) atoms. The lowest BCUT2D eigenvalue weighted by Gasteiger charge is -2.35. The van der Waals surface area contributed by atoms with Crippen LogP contribution in [0, 0.1) is 5.92 Å². The Balaban J connectivity index is 1.88. The maximum Gasteiger partial charge on any atom is 0.346 e. The molecule has 0 spiro atoms. The van der Waals surface area contributed by atoms with Gasteiger partial charge >= 0.3 is 5.97 Å². The molecular formula is C16H19NO4. The molecule has 1 N–H and O–H groups in total. The van der Waals surface area contributed by atoms with Crippen molar-refractivity contribution in [3.63, 3.8) is 0 Å². The van der Waals surface area contributed by atoms with Gasteiger partial charge < -0.3 is 14.7 Å². The average molecular weight is 289 g/mol. The summed E-state index contributed by atoms with van der Waals surface area (Å²) in [5.41, 5.74) is 0.686. The highest BCUT2D eigenvalue weighted by Gasteiger charge is 2.36. The molecule has 5 heteroatoms. The van der Waals surface area contributed by atoms with Gasteiger partial charge in [0.1, 0.15) is 5.75 Å². The Labute approximate surface area is 123 Å². The van der Waals surface area contributed by atoms with Gasteiger partial charge in [0.2, 0.25) is 12.0 Å². The Kier molecular flexibility index (Phi) is 3.82. The summed E-state index contributed by atoms with van der Waals surface area (Å²) in [4.78, 5) is 25.6. The van der Waals surface area contributed by atoms with Crippen molar-refractivity contribution < 1.29 is 19.4 Å². The topological polar surface area (TPSA) is 66.8 Å². The predicted octanol–water partition coefficient (Wildman–Crippen LogP) is 2.45. The number of ether oxygens (including phenoxy) is 1. The number of carboxylic acids is 1. The second-order valence-corrected chi connectivity index (χ2v) is 5.70. The van der Waals surface area contributed by atoms with Gasteiger partial charge in [0.25, 0.3) is 0 Å². The number of amides is 1. The Morgan fingerprint density at radius 3 is 2.57 bits per heavy atom. The summed E-state index contributed by atoms with van der Waals surface area (Å²) in [7, 11) is 0. The van der Waals surface area contributed by atoms with Gasteiger partial charge in [-0.05, 0) is 25.0 Å². The molecule has 1 atom stereocenters. The maximum absolute atomic E-state index is 12.8. The number of rotatable bonds is 2. The number of fused-ring (bicyclic) bond motifs is 1. The first-order valence-corrected chi connectivity index (χ1v) is 7.46. The van der Waals surface area contributed by atoms with E-state index in [9.17, 15) is 14.7 Å². The lowest BCUT2D eigenvalue weighted by molar-refractivity contribution is -0.145. The number of benzene rings is 1. The first kappa shape index (κ1) is 13.9. The molecule has 0 bridgehead atoms. The minimum atomic E-state index is -1.04. The third-order valence-corrected chi connectivity index (χ3v) is 4.27. The number of para-hydroxylation sites is 2. The minimum Gasteiger partial charge on any atom is -0.478 e. The molecule has 1 amide bonds. The maximum atomic E-state index is 12.8. The third-order valence-electron chi connectivity index (χ3n) is 4.27. The van der Waals surface area contributed by atoms with Gasteiger partial charge in [0, 0.05) is 5.92 Å². The second kappa shape index (κ2) is 5.76. The highest BCUT2D eigenvalue weighted by atomic mass is 16.5. The van der Waals surface area contributed by atoms with Crippen molar-refractivity contribution in [3.8, 4) is 5.75 Å². The minimum absolute atomic E-state index is 0.0133. The van der Waals surface area contributed by atoms with Gasteiger partial charge in [-0.1, -0.05) is 31.4 Å². The van der Waals surface area contributed by atoms with E-state index in [0.717, 1.165) is 25.7 Å². The number of carboxylic acid groups (broad SMARTS) is 1. The van der Waals surface area contributed by atoms with Gasteiger partial charge in [-0.25, -0.2) is 4.79 Å². The van der Waals surface area contributed by atoms with Crippen LogP contribution in [0.5, 0.6) is 5.75 Å². The number of anilines is 1. The summed E-state index contributed by atoms with van der Waals surface area (Å²) >= 11 is 0. The Hall–Kier alpha value is -2.04. The van der Waals surface area contributed by atoms with Crippen LogP contribution in [0.15, 0.2) is 24.3 Å². The Morgan fingerprint density at radius 1 is 1.14 bits per heavy atom. The fourth-order valence-electron chi connectivity index (χ4n) is 3.14. The molecule has 5 nitrogen and oxygen atoms in total. The number of carbonyl (C=O) groups excluding carboxylic acids is 1. The normalized spacial score (nSPS) is 22.3. The summed E-state index contributed by atoms with van der Waals surface area (Å²) in [5, 5.41) is 9.21. The lowest BCUT2D eigenvalue weighted by Crippen LogP contribution is -2.49. The van der Waals surface area contributed by atoms with Crippen LogP contribution in [0.2, 0.25) is 0 Å². The molecule has 1 aromatic rings. The Bertz CT molecular complexity index is 551. The summed E-state index contributed by atoms with van der Waals surface area (Å²) < 4.78 is 5.47. The van der Waals surface area contributed by atoms with Crippen LogP contribution in [-0.4, -0.2) is 29.6 Å². The van der Waals surface area contributed by atoms with E-state index in [1.807, 2.05) is 12.1 Å². The number of carbonyl (C=O) groups is 2. The molecular weight excluding hydrogens is 270 g/mol. The van der Waals surface area contributed by atoms with Gasteiger partial charge in [-0.15, -0.1) is 0 Å². The summed E-state index contributed by atoms with van der Waals surface area (Å²) in [6.07, 6.45) is 4.13. The van der Waals surface area contributed by atoms with Crippen LogP contribution >= 0.6 is 0 Å². The molecule has 0 aromatic heterocycles. The van der Waals surface area contributed by atoms with Crippen molar-refractivity contribution in [1.29, 1.82) is 0 Å². The molecule has 1 saturated carbocycles. The molecule has 1 aromatic carbocycles. The van der Waals surface area contributed by atoms with Gasteiger partial charge in [-0.2, -0.15) is 0 Å². The van der Waals surface area contributed by atoms with E-state index in [1.165, 1.54) is 6.42 Å². The largest absolute Gasteiger partial charge is 0.478 e. The van der Waals surface area contributed by atoms with Crippen molar-refractivity contribution >= 4 is 17.6 Å². The molecule has 0 radical (unpaired) electrons. The SMILES string of the molecule is O=C(O)[C@@H]1CN(C(=O)C2CCCCC2)c2ccccc2O1. The van der Waals surface area contributed by atoms with Crippen LogP contribution in [0.4, 0.5) is 5.69 Å². The van der Waals surface area contributed by atoms with Crippen LogP contribution in [0.1, 0.15) is 32.1 Å². The number of hydrogen-bond donors (Lipinski definition) is 1. The monoisotopic (exact) mass is 289 g/mol. The molecule has 0 unspecified atom stereocenters. The van der Waals surface area contributed by atoms with Crippen LogP contribution < -0.4 is 9.64 Å². The van der Waals surface area contributed by atoms with E-state index in [0.29, 0.717) is 11.4 Å². The summed E-state index contributed by atoms with van der Waals surface area (Å²) in [6, 6.07) is 7.15. The first-order valence-electron chi connectivity index (χ1n) is 7.46. The molecule has 1 aliphatic heterocycles. The van der Waals surface area contributed by atoms with Crippen molar-refractivity contribution in [2.45, 2.75) is 38.2 Å². The molecule has 1 fully saturated rings. The summed E-state index contributed by atoms with van der Waals surface area (Å²) in [5.74, 6) is -0.512. The van der Waals surface area contributed by atoms with Gasteiger partial charge in [-0.3, -0.25) is 4.79 Å². The lowest BCUT2D eigenvalue weighted by atomic mass is 9.88. The van der Waals surface area contributed by atoms with Crippen molar-refractivity contribution in [2.75, 3.05) is 11.4 Å². The molecule has 0 saturated heterocycles. The second-order valence-electron chi connectivity index (χ2n) is 5.70.